The smallest absolute Gasteiger partial charge is 0.229 e. The van der Waals surface area contributed by atoms with Crippen LogP contribution in [0, 0.1) is 5.82 Å². The van der Waals surface area contributed by atoms with Crippen molar-refractivity contribution in [3.63, 3.8) is 0 Å². The van der Waals surface area contributed by atoms with Gasteiger partial charge in [-0.1, -0.05) is 7.92 Å². The van der Waals surface area contributed by atoms with E-state index >= 15 is 0 Å². The van der Waals surface area contributed by atoms with Gasteiger partial charge in [-0.3, -0.25) is 14.6 Å². The van der Waals surface area contributed by atoms with Gasteiger partial charge in [-0.15, -0.1) is 0 Å². The van der Waals surface area contributed by atoms with Crippen LogP contribution in [-0.2, 0) is 7.05 Å². The second kappa shape index (κ2) is 10.4. The summed E-state index contributed by atoms with van der Waals surface area (Å²) in [6.07, 6.45) is 8.39. The van der Waals surface area contributed by atoms with E-state index < -0.39 is 13.7 Å². The van der Waals surface area contributed by atoms with E-state index in [4.69, 9.17) is 4.74 Å². The number of anilines is 4. The number of rotatable bonds is 7. The number of ether oxygens (including phenoxy) is 1. The molecule has 37 heavy (non-hydrogen) atoms. The quantitative estimate of drug-likeness (QED) is 0.240. The van der Waals surface area contributed by atoms with Crippen molar-refractivity contribution in [1.82, 2.24) is 29.7 Å². The third-order valence-electron chi connectivity index (χ3n) is 5.61. The van der Waals surface area contributed by atoms with Gasteiger partial charge < -0.3 is 15.4 Å². The van der Waals surface area contributed by atoms with E-state index in [1.54, 1.807) is 48.8 Å². The highest BCUT2D eigenvalue weighted by Gasteiger charge is 2.17. The molecule has 2 N–H and O–H groups in total. The topological polar surface area (TPSA) is 103 Å². The van der Waals surface area contributed by atoms with Crippen LogP contribution in [0.4, 0.5) is 27.5 Å². The van der Waals surface area contributed by atoms with Crippen molar-refractivity contribution in [3.8, 4) is 16.9 Å². The Bertz CT molecular complexity index is 1610. The highest BCUT2D eigenvalue weighted by molar-refractivity contribution is 9.10. The Kier molecular flexibility index (Phi) is 6.99. The Balaban J connectivity index is 1.51. The van der Waals surface area contributed by atoms with Crippen molar-refractivity contribution in [2.75, 3.05) is 31.1 Å². The summed E-state index contributed by atoms with van der Waals surface area (Å²) in [5, 5.41) is 11.8. The monoisotopic (exact) mass is 580 g/mol. The van der Waals surface area contributed by atoms with Crippen LogP contribution in [0.2, 0.25) is 0 Å². The third kappa shape index (κ3) is 5.10. The second-order valence-electron chi connectivity index (χ2n) is 8.36. The minimum atomic E-state index is -0.502. The van der Waals surface area contributed by atoms with E-state index in [-0.39, 0.29) is 0 Å². The molecule has 0 saturated carbocycles. The average molecular weight is 581 g/mol. The van der Waals surface area contributed by atoms with Gasteiger partial charge in [0.05, 0.1) is 34.5 Å². The van der Waals surface area contributed by atoms with E-state index in [1.807, 2.05) is 12.1 Å². The van der Waals surface area contributed by atoms with Crippen LogP contribution < -0.4 is 20.7 Å². The number of methoxy groups -OCH3 is 1. The first-order valence-corrected chi connectivity index (χ1v) is 14.2. The number of aryl methyl sites for hydroxylation is 1. The average Bonchev–Trinajstić information content (AvgIpc) is 3.32. The van der Waals surface area contributed by atoms with Gasteiger partial charge in [0.2, 0.25) is 5.95 Å². The Morgan fingerprint density at radius 2 is 1.84 bits per heavy atom. The molecule has 0 aliphatic rings. The number of nitrogens with zero attached hydrogens (tertiary/aromatic N) is 6. The fourth-order valence-corrected chi connectivity index (χ4v) is 5.44. The zero-order valence-corrected chi connectivity index (χ0v) is 23.0. The molecule has 0 aliphatic heterocycles. The number of hydrogen-bond acceptors (Lipinski definition) is 8. The van der Waals surface area contributed by atoms with Crippen LogP contribution in [-0.4, -0.2) is 50.2 Å². The molecule has 3 aromatic heterocycles. The minimum absolute atomic E-state index is 0.310. The molecule has 188 valence electrons. The summed E-state index contributed by atoms with van der Waals surface area (Å²) in [6, 6.07) is 6.91. The molecule has 0 atom stereocenters. The van der Waals surface area contributed by atoms with E-state index in [1.165, 1.54) is 13.2 Å². The first kappa shape index (κ1) is 25.0. The molecule has 0 bridgehead atoms. The number of nitrogens with one attached hydrogen (secondary N) is 2. The Hall–Kier alpha value is -3.69. The Morgan fingerprint density at radius 1 is 1.03 bits per heavy atom. The lowest BCUT2D eigenvalue weighted by Crippen LogP contribution is -2.12. The first-order chi connectivity index (χ1) is 17.8. The highest BCUT2D eigenvalue weighted by Crippen LogP contribution is 2.36. The Labute approximate surface area is 222 Å². The SMILES string of the molecule is COc1cc(F)c(-c2cnn(C)c2)cc1Nc1ncc(Br)c(Nc2ccc3nccnc3c2P(C)C)n1. The molecule has 0 saturated heterocycles. The maximum atomic E-state index is 14.8. The lowest BCUT2D eigenvalue weighted by Gasteiger charge is -2.18. The van der Waals surface area contributed by atoms with Crippen molar-refractivity contribution in [3.05, 3.63) is 65.5 Å². The summed E-state index contributed by atoms with van der Waals surface area (Å²) >= 11 is 3.55. The summed E-state index contributed by atoms with van der Waals surface area (Å²) in [4.78, 5) is 18.1. The lowest BCUT2D eigenvalue weighted by molar-refractivity contribution is 0.413. The summed E-state index contributed by atoms with van der Waals surface area (Å²) in [5.74, 6) is 0.777. The van der Waals surface area contributed by atoms with Gasteiger partial charge in [-0.05, 0) is 47.5 Å². The summed E-state index contributed by atoms with van der Waals surface area (Å²) in [7, 11) is 2.76. The zero-order chi connectivity index (χ0) is 26.1. The predicted molar refractivity (Wildman–Crippen MR) is 149 cm³/mol. The molecule has 12 heteroatoms. The number of fused-ring (bicyclic) bond motifs is 1. The normalized spacial score (nSPS) is 11.2. The molecule has 0 spiro atoms. The van der Waals surface area contributed by atoms with Crippen molar-refractivity contribution >= 4 is 63.3 Å². The number of hydrogen-bond donors (Lipinski definition) is 2. The van der Waals surface area contributed by atoms with Crippen LogP contribution in [0.25, 0.3) is 22.2 Å². The van der Waals surface area contributed by atoms with Crippen molar-refractivity contribution in [2.24, 2.45) is 7.05 Å². The Morgan fingerprint density at radius 3 is 2.57 bits per heavy atom. The molecular weight excluding hydrogens is 558 g/mol. The minimum Gasteiger partial charge on any atom is -0.494 e. The third-order valence-corrected chi connectivity index (χ3v) is 7.54. The predicted octanol–water partition coefficient (Wildman–Crippen LogP) is 5.58. The molecular formula is C25H23BrFN8OP. The number of halogens is 2. The van der Waals surface area contributed by atoms with Gasteiger partial charge in [0, 0.05) is 60.0 Å². The fraction of sp³-hybridized carbons (Fsp3) is 0.160. The molecule has 0 fully saturated rings. The molecule has 2 aromatic carbocycles. The molecule has 0 amide bonds. The molecule has 5 rings (SSSR count). The standard InChI is InChI=1S/C25H23BrFN8OP/c1-35-13-14(11-31-35)15-9-20(21(36-2)10-17(15)27)33-25-30-12-16(26)24(34-25)32-19-6-5-18-22(23(19)37(3)4)29-8-7-28-18/h5-13H,1-4H3,(H2,30,32,33,34). The maximum absolute atomic E-state index is 14.8. The first-order valence-electron chi connectivity index (χ1n) is 11.2. The number of benzene rings is 2. The molecule has 0 unspecified atom stereocenters. The van der Waals surface area contributed by atoms with Crippen molar-refractivity contribution < 1.29 is 9.13 Å². The van der Waals surface area contributed by atoms with E-state index in [2.05, 4.69) is 64.9 Å². The lowest BCUT2D eigenvalue weighted by atomic mass is 10.1. The van der Waals surface area contributed by atoms with Crippen molar-refractivity contribution in [2.45, 2.75) is 0 Å². The van der Waals surface area contributed by atoms with Gasteiger partial charge in [0.15, 0.2) is 0 Å². The van der Waals surface area contributed by atoms with Gasteiger partial charge in [-0.25, -0.2) is 9.37 Å². The molecule has 5 aromatic rings. The fourth-order valence-electron chi connectivity index (χ4n) is 3.94. The molecule has 0 radical (unpaired) electrons. The zero-order valence-electron chi connectivity index (χ0n) is 20.5. The van der Waals surface area contributed by atoms with Crippen molar-refractivity contribution in [1.29, 1.82) is 0 Å². The van der Waals surface area contributed by atoms with Crippen LogP contribution in [0.5, 0.6) is 5.75 Å². The van der Waals surface area contributed by atoms with Gasteiger partial charge in [0.1, 0.15) is 17.4 Å². The van der Waals surface area contributed by atoms with Crippen LogP contribution >= 0.6 is 23.9 Å². The summed E-state index contributed by atoms with van der Waals surface area (Å²) in [5.41, 5.74) is 4.15. The van der Waals surface area contributed by atoms with Gasteiger partial charge >= 0.3 is 0 Å². The van der Waals surface area contributed by atoms with Gasteiger partial charge in [0.25, 0.3) is 0 Å². The van der Waals surface area contributed by atoms with Crippen LogP contribution in [0.1, 0.15) is 0 Å². The van der Waals surface area contributed by atoms with Crippen LogP contribution in [0.3, 0.4) is 0 Å². The molecule has 0 aliphatic carbocycles. The number of aromatic nitrogens is 6. The highest BCUT2D eigenvalue weighted by atomic mass is 79.9. The molecule has 3 heterocycles. The summed E-state index contributed by atoms with van der Waals surface area (Å²) in [6.45, 7) is 4.35. The van der Waals surface area contributed by atoms with Gasteiger partial charge in [-0.2, -0.15) is 10.1 Å². The largest absolute Gasteiger partial charge is 0.494 e. The van der Waals surface area contributed by atoms with E-state index in [9.17, 15) is 4.39 Å². The van der Waals surface area contributed by atoms with E-state index in [0.717, 1.165) is 22.0 Å². The summed E-state index contributed by atoms with van der Waals surface area (Å²) < 4.78 is 22.5. The second-order valence-corrected chi connectivity index (χ2v) is 11.4. The van der Waals surface area contributed by atoms with E-state index in [0.29, 0.717) is 38.8 Å². The maximum Gasteiger partial charge on any atom is 0.229 e. The van der Waals surface area contributed by atoms with Crippen LogP contribution in [0.15, 0.2) is 59.7 Å². The molecule has 9 nitrogen and oxygen atoms in total.